The van der Waals surface area contributed by atoms with Crippen molar-refractivity contribution in [1.29, 1.82) is 0 Å². The molecular weight excluding hydrogens is 1170 g/mol. The van der Waals surface area contributed by atoms with Gasteiger partial charge in [0, 0.05) is 67.0 Å². The highest BCUT2D eigenvalue weighted by Gasteiger charge is 2.45. The van der Waals surface area contributed by atoms with Gasteiger partial charge in [-0.15, -0.1) is 0 Å². The minimum Gasteiger partial charge on any atom is -0.311 e. The molecule has 0 aliphatic carbocycles. The number of hydrogen-bond acceptors (Lipinski definition) is 2. The van der Waals surface area contributed by atoms with Crippen LogP contribution in [0.5, 0.6) is 0 Å². The van der Waals surface area contributed by atoms with Gasteiger partial charge in [0.25, 0.3) is 6.71 Å². The Kier molecular flexibility index (Phi) is 12.7. The molecule has 0 radical (unpaired) electrons. The highest BCUT2D eigenvalue weighted by molar-refractivity contribution is 7.00. The average Bonchev–Trinajstić information content (AvgIpc) is 1.27. The quantitative estimate of drug-likeness (QED) is 0.126. The lowest BCUT2D eigenvalue weighted by Crippen LogP contribution is -2.61. The number of benzene rings is 14. The molecule has 16 aromatic rings. The van der Waals surface area contributed by atoms with Crippen LogP contribution >= 0.6 is 0 Å². The number of nitrogens with zero attached hydrogens (tertiary/aromatic N) is 4. The van der Waals surface area contributed by atoms with Crippen LogP contribution in [0.1, 0.15) is 105 Å². The first-order valence-corrected chi connectivity index (χ1v) is 34.7. The Labute approximate surface area is 569 Å². The van der Waals surface area contributed by atoms with E-state index in [1.54, 1.807) is 0 Å². The van der Waals surface area contributed by atoms with Crippen molar-refractivity contribution in [2.45, 2.75) is 105 Å². The van der Waals surface area contributed by atoms with Crippen LogP contribution in [-0.2, 0) is 21.7 Å². The number of aromatic nitrogens is 2. The number of para-hydroxylation sites is 3. The fourth-order valence-electron chi connectivity index (χ4n) is 16.2. The first kappa shape index (κ1) is 58.9. The highest BCUT2D eigenvalue weighted by Crippen LogP contribution is 2.51. The van der Waals surface area contributed by atoms with Crippen molar-refractivity contribution in [3.8, 4) is 22.5 Å². The first-order chi connectivity index (χ1) is 46.6. The van der Waals surface area contributed by atoms with Gasteiger partial charge in [0.1, 0.15) is 0 Å². The summed E-state index contributed by atoms with van der Waals surface area (Å²) in [6, 6.07) is 101. The predicted molar refractivity (Wildman–Crippen MR) is 419 cm³/mol. The number of fused-ring (bicyclic) bond motifs is 14. The van der Waals surface area contributed by atoms with Gasteiger partial charge in [-0.05, 0) is 236 Å². The Morgan fingerprint density at radius 2 is 0.608 bits per heavy atom. The van der Waals surface area contributed by atoms with Gasteiger partial charge < -0.3 is 18.9 Å². The molecule has 4 nitrogen and oxygen atoms in total. The SMILES string of the molecule is CC(C)(C)c1cc(N2c3cc4cc5ccccc5cc4cc3B3c4cc5cc6ccccc6cc5cc4N(c4cc(C(C)(C)C)cc(C(C)(C)C)c4)c4cc(-c5ccc6c7cc8c9ccccc9n(-c9ccccc9)c8cc7n(-c7ccccc7)c6c5)cc2c43)cc(C(C)(C)C)c1. The Morgan fingerprint density at radius 1 is 0.237 bits per heavy atom. The molecule has 2 aromatic heterocycles. The molecule has 2 aliphatic rings. The second kappa shape index (κ2) is 20.9. The largest absolute Gasteiger partial charge is 0.311 e. The third-order valence-corrected chi connectivity index (χ3v) is 21.4. The summed E-state index contributed by atoms with van der Waals surface area (Å²) in [6.45, 7) is 28.3. The van der Waals surface area contributed by atoms with Gasteiger partial charge >= 0.3 is 0 Å². The summed E-state index contributed by atoms with van der Waals surface area (Å²) in [5, 5.41) is 14.8. The smallest absolute Gasteiger partial charge is 0.252 e. The number of anilines is 6. The van der Waals surface area contributed by atoms with E-state index in [0.717, 1.165) is 28.0 Å². The molecule has 0 saturated carbocycles. The van der Waals surface area contributed by atoms with Crippen molar-refractivity contribution in [1.82, 2.24) is 9.13 Å². The Balaban J connectivity index is 0.993. The fourth-order valence-corrected chi connectivity index (χ4v) is 16.2. The molecule has 0 atom stereocenters. The molecule has 0 spiro atoms. The standard InChI is InChI=1S/C92H79BN4/c1-89(2,3)66-48-67(90(4,5)6)51-72(50-66)96-84-44-63-39-58-27-21-19-25-56(58)37-61(63)41-78(84)93-79-42-62-38-57-26-20-22-28-59(57)40-64(62)45-85(79)97(73-52-68(91(7,8)9)49-69(53-73)92(10,11)12)87-47-65(46-86(96)88(87)93)60-35-36-75-77-54-76-74-33-23-24-34-80(74)94(70-29-15-13-16-30-70)82(76)55-83(77)95(81(75)43-60)71-31-17-14-18-32-71/h13-55H,1-12H3. The van der Waals surface area contributed by atoms with E-state index >= 15 is 0 Å². The molecule has 0 unspecified atom stereocenters. The topological polar surface area (TPSA) is 16.3 Å². The summed E-state index contributed by atoms with van der Waals surface area (Å²) in [5.74, 6) is 0. The van der Waals surface area contributed by atoms with Gasteiger partial charge in [0.2, 0.25) is 0 Å². The first-order valence-electron chi connectivity index (χ1n) is 34.7. The predicted octanol–water partition coefficient (Wildman–Crippen LogP) is 23.4. The molecule has 470 valence electrons. The van der Waals surface area contributed by atoms with Crippen LogP contribution in [-0.4, -0.2) is 15.8 Å². The summed E-state index contributed by atoms with van der Waals surface area (Å²) in [7, 11) is 0. The lowest BCUT2D eigenvalue weighted by Gasteiger charge is -2.45. The zero-order valence-corrected chi connectivity index (χ0v) is 57.7. The molecule has 0 bridgehead atoms. The summed E-state index contributed by atoms with van der Waals surface area (Å²) in [5.41, 5.74) is 25.0. The summed E-state index contributed by atoms with van der Waals surface area (Å²) < 4.78 is 4.97. The number of hydrogen-bond donors (Lipinski definition) is 0. The Bertz CT molecular complexity index is 5700. The van der Waals surface area contributed by atoms with Crippen LogP contribution in [0.25, 0.3) is 109 Å². The summed E-state index contributed by atoms with van der Waals surface area (Å²) in [6.07, 6.45) is 0. The van der Waals surface area contributed by atoms with Gasteiger partial charge in [0.15, 0.2) is 0 Å². The second-order valence-electron chi connectivity index (χ2n) is 32.0. The van der Waals surface area contributed by atoms with E-state index in [1.165, 1.54) is 154 Å². The van der Waals surface area contributed by atoms with Crippen LogP contribution < -0.4 is 26.2 Å². The van der Waals surface area contributed by atoms with E-state index < -0.39 is 0 Å². The van der Waals surface area contributed by atoms with E-state index in [4.69, 9.17) is 0 Å². The maximum absolute atomic E-state index is 2.69. The van der Waals surface area contributed by atoms with Crippen LogP contribution in [0.15, 0.2) is 261 Å². The normalized spacial score (nSPS) is 13.5. The molecule has 14 aromatic carbocycles. The molecule has 5 heteroatoms. The number of rotatable bonds is 5. The average molecular weight is 1250 g/mol. The Hall–Kier alpha value is -10.6. The van der Waals surface area contributed by atoms with E-state index in [2.05, 4.69) is 363 Å². The van der Waals surface area contributed by atoms with Gasteiger partial charge in [-0.1, -0.05) is 223 Å². The van der Waals surface area contributed by atoms with E-state index in [0.29, 0.717) is 0 Å². The lowest BCUT2D eigenvalue weighted by molar-refractivity contribution is 0.568. The molecule has 18 rings (SSSR count). The van der Waals surface area contributed by atoms with Gasteiger partial charge in [-0.3, -0.25) is 0 Å². The molecule has 4 heterocycles. The zero-order chi connectivity index (χ0) is 66.3. The molecule has 0 amide bonds. The minimum absolute atomic E-state index is 0.138. The Morgan fingerprint density at radius 3 is 1.04 bits per heavy atom. The van der Waals surface area contributed by atoms with Crippen molar-refractivity contribution in [2.24, 2.45) is 0 Å². The van der Waals surface area contributed by atoms with E-state index in [1.807, 2.05) is 0 Å². The zero-order valence-electron chi connectivity index (χ0n) is 57.7. The van der Waals surface area contributed by atoms with Gasteiger partial charge in [0.05, 0.1) is 22.1 Å². The maximum atomic E-state index is 2.69. The van der Waals surface area contributed by atoms with Crippen molar-refractivity contribution in [3.05, 3.63) is 283 Å². The van der Waals surface area contributed by atoms with E-state index in [9.17, 15) is 0 Å². The monoisotopic (exact) mass is 1250 g/mol. The molecular formula is C92H79BN4. The molecule has 0 fully saturated rings. The third kappa shape index (κ3) is 9.39. The molecule has 0 N–H and O–H groups in total. The van der Waals surface area contributed by atoms with Crippen molar-refractivity contribution >= 4 is 144 Å². The summed E-state index contributed by atoms with van der Waals surface area (Å²) in [4.78, 5) is 5.38. The maximum Gasteiger partial charge on any atom is 0.252 e. The second-order valence-corrected chi connectivity index (χ2v) is 32.0. The van der Waals surface area contributed by atoms with Crippen LogP contribution in [0, 0.1) is 0 Å². The molecule has 2 aliphatic heterocycles. The minimum atomic E-state index is -0.144. The molecule has 0 saturated heterocycles. The molecule has 97 heavy (non-hydrogen) atoms. The van der Waals surface area contributed by atoms with Crippen molar-refractivity contribution in [2.75, 3.05) is 9.80 Å². The van der Waals surface area contributed by atoms with Crippen molar-refractivity contribution < 1.29 is 0 Å². The highest BCUT2D eigenvalue weighted by atomic mass is 15.2. The van der Waals surface area contributed by atoms with Crippen LogP contribution in [0.4, 0.5) is 34.1 Å². The lowest BCUT2D eigenvalue weighted by atomic mass is 9.33. The van der Waals surface area contributed by atoms with Crippen molar-refractivity contribution in [3.63, 3.8) is 0 Å². The van der Waals surface area contributed by atoms with E-state index in [-0.39, 0.29) is 28.4 Å². The van der Waals surface area contributed by atoms with Crippen LogP contribution in [0.3, 0.4) is 0 Å². The van der Waals surface area contributed by atoms with Gasteiger partial charge in [-0.25, -0.2) is 0 Å². The fraction of sp³-hybridized carbons (Fsp3) is 0.174. The summed E-state index contributed by atoms with van der Waals surface area (Å²) >= 11 is 0. The third-order valence-electron chi connectivity index (χ3n) is 21.4. The van der Waals surface area contributed by atoms with Gasteiger partial charge in [-0.2, -0.15) is 0 Å². The van der Waals surface area contributed by atoms with Crippen LogP contribution in [0.2, 0.25) is 0 Å².